The van der Waals surface area contributed by atoms with Gasteiger partial charge in [0, 0.05) is 23.3 Å². The van der Waals surface area contributed by atoms with Crippen molar-refractivity contribution in [3.05, 3.63) is 29.0 Å². The largest absolute Gasteiger partial charge is 0.493 e. The number of benzene rings is 1. The molecule has 2 heterocycles. The van der Waals surface area contributed by atoms with Gasteiger partial charge in [-0.1, -0.05) is 18.9 Å². The standard InChI is InChI=1S/C19H23N5O4/c1-19(2)8-11-14(12(25)9-19)15(24-18(20-11)21-22-23-24)10-6-7-13(26-3)17(28-5)16(10)27-4/h6-7,15H,8-9H2,1-5H3,(H,20,21,23)/t15-/m0/s1. The molecule has 0 bridgehead atoms. The minimum atomic E-state index is -0.514. The van der Waals surface area contributed by atoms with Crippen LogP contribution < -0.4 is 19.5 Å². The molecule has 4 rings (SSSR count). The number of hydrogen-bond acceptors (Lipinski definition) is 8. The van der Waals surface area contributed by atoms with Gasteiger partial charge in [-0.05, 0) is 34.4 Å². The van der Waals surface area contributed by atoms with Crippen LogP contribution in [0.4, 0.5) is 5.95 Å². The van der Waals surface area contributed by atoms with Gasteiger partial charge in [0.1, 0.15) is 6.04 Å². The number of hydrogen-bond donors (Lipinski definition) is 1. The molecule has 0 radical (unpaired) electrons. The Morgan fingerprint density at radius 1 is 1.11 bits per heavy atom. The maximum Gasteiger partial charge on any atom is 0.248 e. The second-order valence-corrected chi connectivity index (χ2v) is 7.73. The molecule has 0 unspecified atom stereocenters. The van der Waals surface area contributed by atoms with Gasteiger partial charge in [0.2, 0.25) is 11.7 Å². The van der Waals surface area contributed by atoms with Crippen LogP contribution in [0.25, 0.3) is 0 Å². The number of fused-ring (bicyclic) bond motifs is 1. The van der Waals surface area contributed by atoms with Crippen molar-refractivity contribution in [1.29, 1.82) is 0 Å². The van der Waals surface area contributed by atoms with Gasteiger partial charge in [0.05, 0.1) is 21.3 Å². The summed E-state index contributed by atoms with van der Waals surface area (Å²) in [4.78, 5) is 13.2. The highest BCUT2D eigenvalue weighted by Gasteiger charge is 2.43. The third-order valence-corrected chi connectivity index (χ3v) is 5.22. The Kier molecular flexibility index (Phi) is 4.24. The van der Waals surface area contributed by atoms with Crippen molar-refractivity contribution in [2.24, 2.45) is 5.41 Å². The van der Waals surface area contributed by atoms with Gasteiger partial charge in [-0.25, -0.2) is 0 Å². The fraction of sp³-hybridized carbons (Fsp3) is 0.474. The third kappa shape index (κ3) is 2.69. The summed E-state index contributed by atoms with van der Waals surface area (Å²) in [6.07, 6.45) is 1.18. The molecule has 0 saturated carbocycles. The summed E-state index contributed by atoms with van der Waals surface area (Å²) in [7, 11) is 4.67. The number of carbonyl (C=O) groups is 1. The molecule has 0 amide bonds. The van der Waals surface area contributed by atoms with Gasteiger partial charge in [-0.15, -0.1) is 0 Å². The van der Waals surface area contributed by atoms with Crippen LogP contribution >= 0.6 is 0 Å². The van der Waals surface area contributed by atoms with Crippen molar-refractivity contribution >= 4 is 11.7 Å². The lowest BCUT2D eigenvalue weighted by atomic mass is 9.73. The molecule has 1 atom stereocenters. The van der Waals surface area contributed by atoms with Gasteiger partial charge in [0.15, 0.2) is 17.3 Å². The van der Waals surface area contributed by atoms with Gasteiger partial charge in [-0.2, -0.15) is 4.68 Å². The Bertz CT molecular complexity index is 979. The minimum absolute atomic E-state index is 0.0711. The van der Waals surface area contributed by atoms with Crippen LogP contribution in [0.5, 0.6) is 17.2 Å². The number of tetrazole rings is 1. The normalized spacial score (nSPS) is 20.2. The number of allylic oxidation sites excluding steroid dienone is 2. The maximum absolute atomic E-state index is 13.2. The van der Waals surface area contributed by atoms with E-state index in [4.69, 9.17) is 14.2 Å². The first kappa shape index (κ1) is 18.3. The zero-order valence-electron chi connectivity index (χ0n) is 16.6. The Labute approximate surface area is 162 Å². The highest BCUT2D eigenvalue weighted by Crippen LogP contribution is 2.49. The van der Waals surface area contributed by atoms with E-state index >= 15 is 0 Å². The number of nitrogens with one attached hydrogen (secondary N) is 1. The lowest BCUT2D eigenvalue weighted by Gasteiger charge is -2.38. The predicted molar refractivity (Wildman–Crippen MR) is 101 cm³/mol. The van der Waals surface area contributed by atoms with Crippen molar-refractivity contribution in [3.63, 3.8) is 0 Å². The van der Waals surface area contributed by atoms with E-state index in [0.717, 1.165) is 17.7 Å². The first-order valence-corrected chi connectivity index (χ1v) is 9.00. The van der Waals surface area contributed by atoms with Crippen LogP contribution in [-0.2, 0) is 4.79 Å². The van der Waals surface area contributed by atoms with Crippen LogP contribution in [0.1, 0.15) is 38.3 Å². The molecule has 0 spiro atoms. The van der Waals surface area contributed by atoms with Gasteiger partial charge in [-0.3, -0.25) is 4.79 Å². The number of ketones is 1. The Morgan fingerprint density at radius 2 is 1.86 bits per heavy atom. The van der Waals surface area contributed by atoms with E-state index in [1.54, 1.807) is 32.1 Å². The minimum Gasteiger partial charge on any atom is -0.493 e. The molecule has 28 heavy (non-hydrogen) atoms. The summed E-state index contributed by atoms with van der Waals surface area (Å²) in [6.45, 7) is 4.17. The molecule has 1 aliphatic heterocycles. The van der Waals surface area contributed by atoms with Crippen LogP contribution in [0.15, 0.2) is 23.4 Å². The number of rotatable bonds is 4. The summed E-state index contributed by atoms with van der Waals surface area (Å²) in [5, 5.41) is 15.2. The quantitative estimate of drug-likeness (QED) is 0.856. The molecule has 2 aromatic rings. The van der Waals surface area contributed by atoms with Gasteiger partial charge >= 0.3 is 0 Å². The molecule has 1 aliphatic carbocycles. The summed E-state index contributed by atoms with van der Waals surface area (Å²) < 4.78 is 18.2. The second-order valence-electron chi connectivity index (χ2n) is 7.73. The number of Topliss-reactive ketones (excluding diaryl/α,β-unsaturated/α-hetero) is 1. The van der Waals surface area contributed by atoms with Gasteiger partial charge < -0.3 is 19.5 Å². The van der Waals surface area contributed by atoms with Crippen LogP contribution in [0.3, 0.4) is 0 Å². The molecule has 0 fully saturated rings. The number of methoxy groups -OCH3 is 3. The number of carbonyl (C=O) groups excluding carboxylic acids is 1. The van der Waals surface area contributed by atoms with E-state index in [0.29, 0.717) is 35.2 Å². The smallest absolute Gasteiger partial charge is 0.248 e. The molecule has 148 valence electrons. The first-order chi connectivity index (χ1) is 13.4. The van der Waals surface area contributed by atoms with E-state index in [9.17, 15) is 4.79 Å². The lowest BCUT2D eigenvalue weighted by Crippen LogP contribution is -2.36. The van der Waals surface area contributed by atoms with E-state index in [1.807, 2.05) is 6.07 Å². The number of nitrogens with zero attached hydrogens (tertiary/aromatic N) is 4. The average Bonchev–Trinajstić information content (AvgIpc) is 3.12. The van der Waals surface area contributed by atoms with Crippen molar-refractivity contribution in [1.82, 2.24) is 20.2 Å². The lowest BCUT2D eigenvalue weighted by molar-refractivity contribution is -0.118. The second kappa shape index (κ2) is 6.50. The number of anilines is 1. The Morgan fingerprint density at radius 3 is 2.54 bits per heavy atom. The molecule has 1 aromatic heterocycles. The van der Waals surface area contributed by atoms with E-state index in [-0.39, 0.29) is 11.2 Å². The third-order valence-electron chi connectivity index (χ3n) is 5.22. The van der Waals surface area contributed by atoms with Crippen LogP contribution in [0, 0.1) is 5.41 Å². The maximum atomic E-state index is 13.2. The molecular formula is C19H23N5O4. The topological polar surface area (TPSA) is 100 Å². The van der Waals surface area contributed by atoms with E-state index in [1.165, 1.54) is 0 Å². The van der Waals surface area contributed by atoms with Crippen molar-refractivity contribution in [3.8, 4) is 17.2 Å². The van der Waals surface area contributed by atoms with Crippen LogP contribution in [0.2, 0.25) is 0 Å². The molecular weight excluding hydrogens is 362 g/mol. The molecule has 9 heteroatoms. The summed E-state index contributed by atoms with van der Waals surface area (Å²) in [5.74, 6) is 2.05. The Balaban J connectivity index is 1.96. The SMILES string of the molecule is COc1ccc([C@H]2C3=C(CC(C)(C)CC3=O)Nc3nnnn32)c(OC)c1OC. The zero-order valence-corrected chi connectivity index (χ0v) is 16.6. The fourth-order valence-electron chi connectivity index (χ4n) is 4.10. The highest BCUT2D eigenvalue weighted by atomic mass is 16.5. The van der Waals surface area contributed by atoms with Crippen molar-refractivity contribution < 1.29 is 19.0 Å². The molecule has 9 nitrogen and oxygen atoms in total. The number of ether oxygens (including phenoxy) is 3. The molecule has 0 saturated heterocycles. The van der Waals surface area contributed by atoms with Crippen molar-refractivity contribution in [2.45, 2.75) is 32.7 Å². The highest BCUT2D eigenvalue weighted by molar-refractivity contribution is 6.00. The van der Waals surface area contributed by atoms with E-state index in [2.05, 4.69) is 34.7 Å². The average molecular weight is 385 g/mol. The molecule has 2 aliphatic rings. The Hall–Kier alpha value is -3.10. The molecule has 1 N–H and O–H groups in total. The van der Waals surface area contributed by atoms with Gasteiger partial charge in [0.25, 0.3) is 0 Å². The van der Waals surface area contributed by atoms with Crippen molar-refractivity contribution in [2.75, 3.05) is 26.6 Å². The monoisotopic (exact) mass is 385 g/mol. The van der Waals surface area contributed by atoms with Crippen LogP contribution in [-0.4, -0.2) is 47.3 Å². The summed E-state index contributed by atoms with van der Waals surface area (Å²) in [6, 6.07) is 3.14. The summed E-state index contributed by atoms with van der Waals surface area (Å²) >= 11 is 0. The number of aromatic nitrogens is 4. The fourth-order valence-corrected chi connectivity index (χ4v) is 4.10. The first-order valence-electron chi connectivity index (χ1n) is 9.00. The summed E-state index contributed by atoms with van der Waals surface area (Å²) in [5.41, 5.74) is 2.11. The predicted octanol–water partition coefficient (Wildman–Crippen LogP) is 2.36. The van der Waals surface area contributed by atoms with E-state index < -0.39 is 6.04 Å². The zero-order chi connectivity index (χ0) is 20.1. The molecule has 1 aromatic carbocycles.